The molecule has 2 rings (SSSR count). The molecule has 1 saturated heterocycles. The highest BCUT2D eigenvalue weighted by molar-refractivity contribution is 5.41. The van der Waals surface area contributed by atoms with Crippen molar-refractivity contribution in [2.45, 2.75) is 6.04 Å². The molecule has 1 atom stereocenters. The molecule has 5 heteroatoms. The van der Waals surface area contributed by atoms with Crippen LogP contribution in [0.15, 0.2) is 18.3 Å². The molecule has 2 heterocycles. The van der Waals surface area contributed by atoms with E-state index in [4.69, 9.17) is 5.73 Å². The maximum Gasteiger partial charge on any atom is 0.165 e. The second-order valence-electron chi connectivity index (χ2n) is 4.15. The third-order valence-electron chi connectivity index (χ3n) is 2.97. The van der Waals surface area contributed by atoms with Crippen LogP contribution < -0.4 is 10.6 Å². The Labute approximate surface area is 94.9 Å². The van der Waals surface area contributed by atoms with Crippen LogP contribution in [0.1, 0.15) is 0 Å². The Morgan fingerprint density at radius 1 is 1.56 bits per heavy atom. The summed E-state index contributed by atoms with van der Waals surface area (Å²) in [5, 5.41) is 0. The van der Waals surface area contributed by atoms with Crippen molar-refractivity contribution in [2.75, 3.05) is 38.1 Å². The summed E-state index contributed by atoms with van der Waals surface area (Å²) < 4.78 is 13.6. The van der Waals surface area contributed by atoms with E-state index in [9.17, 15) is 4.39 Å². The predicted octanol–water partition coefficient (Wildman–Crippen LogP) is 0.300. The molecular formula is C11H17FN4. The number of hydrogen-bond donors (Lipinski definition) is 1. The minimum atomic E-state index is -0.273. The number of rotatable bonds is 2. The quantitative estimate of drug-likeness (QED) is 0.785. The van der Waals surface area contributed by atoms with E-state index in [0.717, 1.165) is 19.6 Å². The zero-order chi connectivity index (χ0) is 11.5. The molecule has 1 aliphatic rings. The first-order valence-corrected chi connectivity index (χ1v) is 5.48. The van der Waals surface area contributed by atoms with Crippen LogP contribution in [0, 0.1) is 5.82 Å². The first-order chi connectivity index (χ1) is 7.72. The van der Waals surface area contributed by atoms with Crippen molar-refractivity contribution >= 4 is 5.82 Å². The smallest absolute Gasteiger partial charge is 0.165 e. The number of aromatic nitrogens is 1. The first-order valence-electron chi connectivity index (χ1n) is 5.48. The van der Waals surface area contributed by atoms with E-state index in [1.165, 1.54) is 6.07 Å². The molecule has 2 N–H and O–H groups in total. The van der Waals surface area contributed by atoms with Gasteiger partial charge in [0.25, 0.3) is 0 Å². The molecule has 0 aliphatic carbocycles. The van der Waals surface area contributed by atoms with Gasteiger partial charge in [-0.1, -0.05) is 0 Å². The van der Waals surface area contributed by atoms with E-state index < -0.39 is 0 Å². The van der Waals surface area contributed by atoms with Gasteiger partial charge in [-0.2, -0.15) is 0 Å². The molecule has 1 aromatic heterocycles. The number of likely N-dealkylation sites (N-methyl/N-ethyl adjacent to an activating group) is 1. The van der Waals surface area contributed by atoms with Crippen LogP contribution in [0.25, 0.3) is 0 Å². The number of halogens is 1. The molecular weight excluding hydrogens is 207 g/mol. The van der Waals surface area contributed by atoms with E-state index in [0.29, 0.717) is 12.4 Å². The monoisotopic (exact) mass is 224 g/mol. The van der Waals surface area contributed by atoms with E-state index in [-0.39, 0.29) is 11.9 Å². The molecule has 0 saturated carbocycles. The summed E-state index contributed by atoms with van der Waals surface area (Å²) in [4.78, 5) is 8.27. The first kappa shape index (κ1) is 11.3. The summed E-state index contributed by atoms with van der Waals surface area (Å²) in [6.45, 7) is 3.05. The van der Waals surface area contributed by atoms with Crippen LogP contribution in [0.2, 0.25) is 0 Å². The SMILES string of the molecule is CN1CCN(c2ncccc2F)C(CN)C1. The summed E-state index contributed by atoms with van der Waals surface area (Å²) in [5.74, 6) is 0.150. The summed E-state index contributed by atoms with van der Waals surface area (Å²) in [7, 11) is 2.05. The van der Waals surface area contributed by atoms with Crippen LogP contribution in [0.4, 0.5) is 10.2 Å². The average molecular weight is 224 g/mol. The third-order valence-corrected chi connectivity index (χ3v) is 2.97. The molecule has 88 valence electrons. The van der Waals surface area contributed by atoms with Gasteiger partial charge in [0, 0.05) is 32.4 Å². The molecule has 1 aromatic rings. The largest absolute Gasteiger partial charge is 0.347 e. The van der Waals surface area contributed by atoms with Crippen molar-refractivity contribution in [2.24, 2.45) is 5.73 Å². The number of nitrogens with two attached hydrogens (primary N) is 1. The van der Waals surface area contributed by atoms with Crippen molar-refractivity contribution in [1.82, 2.24) is 9.88 Å². The highest BCUT2D eigenvalue weighted by Crippen LogP contribution is 2.20. The zero-order valence-corrected chi connectivity index (χ0v) is 9.43. The van der Waals surface area contributed by atoms with E-state index in [1.54, 1.807) is 12.3 Å². The Balaban J connectivity index is 2.22. The number of pyridine rings is 1. The molecule has 1 fully saturated rings. The lowest BCUT2D eigenvalue weighted by atomic mass is 10.1. The van der Waals surface area contributed by atoms with Gasteiger partial charge in [0.15, 0.2) is 11.6 Å². The summed E-state index contributed by atoms with van der Waals surface area (Å²) in [6.07, 6.45) is 1.62. The molecule has 0 spiro atoms. The van der Waals surface area contributed by atoms with Crippen LogP contribution in [-0.2, 0) is 0 Å². The normalized spacial score (nSPS) is 22.4. The predicted molar refractivity (Wildman–Crippen MR) is 61.9 cm³/mol. The van der Waals surface area contributed by atoms with Gasteiger partial charge < -0.3 is 15.5 Å². The minimum Gasteiger partial charge on any atom is -0.347 e. The molecule has 0 aromatic carbocycles. The topological polar surface area (TPSA) is 45.4 Å². The maximum absolute atomic E-state index is 13.6. The molecule has 1 aliphatic heterocycles. The van der Waals surface area contributed by atoms with Crippen LogP contribution in [0.5, 0.6) is 0 Å². The summed E-state index contributed by atoms with van der Waals surface area (Å²) >= 11 is 0. The number of anilines is 1. The fraction of sp³-hybridized carbons (Fsp3) is 0.545. The second kappa shape index (κ2) is 4.76. The van der Waals surface area contributed by atoms with Crippen molar-refractivity contribution in [1.29, 1.82) is 0 Å². The highest BCUT2D eigenvalue weighted by Gasteiger charge is 2.26. The zero-order valence-electron chi connectivity index (χ0n) is 9.43. The lowest BCUT2D eigenvalue weighted by Crippen LogP contribution is -2.55. The number of nitrogens with zero attached hydrogens (tertiary/aromatic N) is 3. The van der Waals surface area contributed by atoms with Gasteiger partial charge in [0.05, 0.1) is 6.04 Å². The van der Waals surface area contributed by atoms with Gasteiger partial charge in [-0.05, 0) is 19.2 Å². The lowest BCUT2D eigenvalue weighted by Gasteiger charge is -2.40. The molecule has 4 nitrogen and oxygen atoms in total. The Hall–Kier alpha value is -1.20. The average Bonchev–Trinajstić information content (AvgIpc) is 2.30. The molecule has 0 bridgehead atoms. The Morgan fingerprint density at radius 3 is 3.06 bits per heavy atom. The van der Waals surface area contributed by atoms with Gasteiger partial charge in [-0.15, -0.1) is 0 Å². The van der Waals surface area contributed by atoms with Crippen molar-refractivity contribution < 1.29 is 4.39 Å². The lowest BCUT2D eigenvalue weighted by molar-refractivity contribution is 0.267. The van der Waals surface area contributed by atoms with Gasteiger partial charge in [0.2, 0.25) is 0 Å². The second-order valence-corrected chi connectivity index (χ2v) is 4.15. The van der Waals surface area contributed by atoms with E-state index in [2.05, 4.69) is 16.9 Å². The van der Waals surface area contributed by atoms with Gasteiger partial charge in [0.1, 0.15) is 0 Å². The fourth-order valence-electron chi connectivity index (χ4n) is 2.08. The van der Waals surface area contributed by atoms with Crippen molar-refractivity contribution in [3.05, 3.63) is 24.1 Å². The van der Waals surface area contributed by atoms with Crippen LogP contribution in [0.3, 0.4) is 0 Å². The third kappa shape index (κ3) is 2.15. The van der Waals surface area contributed by atoms with Crippen LogP contribution >= 0.6 is 0 Å². The van der Waals surface area contributed by atoms with Gasteiger partial charge >= 0.3 is 0 Å². The number of piperazine rings is 1. The van der Waals surface area contributed by atoms with Gasteiger partial charge in [-0.25, -0.2) is 9.37 Å². The highest BCUT2D eigenvalue weighted by atomic mass is 19.1. The Kier molecular flexibility index (Phi) is 3.36. The summed E-state index contributed by atoms with van der Waals surface area (Å²) in [6, 6.07) is 3.18. The Bertz CT molecular complexity index is 358. The molecule has 0 radical (unpaired) electrons. The molecule has 0 amide bonds. The minimum absolute atomic E-state index is 0.142. The van der Waals surface area contributed by atoms with Crippen molar-refractivity contribution in [3.63, 3.8) is 0 Å². The molecule has 1 unspecified atom stereocenters. The number of hydrogen-bond acceptors (Lipinski definition) is 4. The van der Waals surface area contributed by atoms with Gasteiger partial charge in [-0.3, -0.25) is 0 Å². The standard InChI is InChI=1S/C11H17FN4/c1-15-5-6-16(9(7-13)8-15)11-10(12)3-2-4-14-11/h2-4,9H,5-8,13H2,1H3. The molecule has 16 heavy (non-hydrogen) atoms. The summed E-state index contributed by atoms with van der Waals surface area (Å²) in [5.41, 5.74) is 5.72. The maximum atomic E-state index is 13.6. The van der Waals surface area contributed by atoms with E-state index >= 15 is 0 Å². The fourth-order valence-corrected chi connectivity index (χ4v) is 2.08. The van der Waals surface area contributed by atoms with E-state index in [1.807, 2.05) is 4.90 Å². The van der Waals surface area contributed by atoms with Crippen LogP contribution in [-0.4, -0.2) is 49.2 Å². The van der Waals surface area contributed by atoms with Crippen molar-refractivity contribution in [3.8, 4) is 0 Å². The Morgan fingerprint density at radius 2 is 2.38 bits per heavy atom.